The summed E-state index contributed by atoms with van der Waals surface area (Å²) in [5.41, 5.74) is 6.87. The van der Waals surface area contributed by atoms with Crippen molar-refractivity contribution >= 4 is 27.7 Å². The highest BCUT2D eigenvalue weighted by molar-refractivity contribution is 9.10. The van der Waals surface area contributed by atoms with Gasteiger partial charge in [-0.05, 0) is 41.4 Å². The second-order valence-electron chi connectivity index (χ2n) is 3.13. The van der Waals surface area contributed by atoms with Crippen LogP contribution in [0.1, 0.15) is 12.5 Å². The van der Waals surface area contributed by atoms with Gasteiger partial charge in [0.05, 0.1) is 12.8 Å². The first-order valence-electron chi connectivity index (χ1n) is 4.66. The molecule has 1 aromatic rings. The van der Waals surface area contributed by atoms with Gasteiger partial charge in [0.25, 0.3) is 5.82 Å². The first-order valence-corrected chi connectivity index (χ1v) is 5.45. The molecule has 5 heteroatoms. The van der Waals surface area contributed by atoms with Gasteiger partial charge in [0, 0.05) is 0 Å². The normalized spacial score (nSPS) is 10.1. The molecule has 2 N–H and O–H groups in total. The Morgan fingerprint density at radius 3 is 2.93 bits per heavy atom. The molecule has 1 heterocycles. The average molecular weight is 274 g/mol. The molecule has 0 radical (unpaired) electrons. The van der Waals surface area contributed by atoms with Crippen molar-refractivity contribution in [1.82, 2.24) is 0 Å². The third-order valence-corrected chi connectivity index (χ3v) is 3.02. The van der Waals surface area contributed by atoms with Crippen LogP contribution in [0.4, 0.5) is 5.82 Å². The van der Waals surface area contributed by atoms with E-state index in [-0.39, 0.29) is 12.5 Å². The SMILES string of the molecule is CCOC(=O)C[n+]1ccc(C)c(Br)c1N. The Labute approximate surface area is 97.2 Å². The largest absolute Gasteiger partial charge is 0.463 e. The lowest BCUT2D eigenvalue weighted by Crippen LogP contribution is -2.41. The molecule has 0 spiro atoms. The summed E-state index contributed by atoms with van der Waals surface area (Å²) >= 11 is 3.36. The van der Waals surface area contributed by atoms with Gasteiger partial charge in [0.1, 0.15) is 4.47 Å². The number of nitrogens with two attached hydrogens (primary N) is 1. The predicted molar refractivity (Wildman–Crippen MR) is 60.1 cm³/mol. The quantitative estimate of drug-likeness (QED) is 0.665. The Bertz CT molecular complexity index is 380. The van der Waals surface area contributed by atoms with Gasteiger partial charge in [0.2, 0.25) is 0 Å². The maximum absolute atomic E-state index is 11.2. The lowest BCUT2D eigenvalue weighted by molar-refractivity contribution is -0.672. The van der Waals surface area contributed by atoms with Crippen molar-refractivity contribution in [3.05, 3.63) is 22.3 Å². The van der Waals surface area contributed by atoms with E-state index in [0.29, 0.717) is 12.4 Å². The monoisotopic (exact) mass is 273 g/mol. The molecule has 0 aliphatic carbocycles. The number of carbonyl (C=O) groups excluding carboxylic acids is 1. The summed E-state index contributed by atoms with van der Waals surface area (Å²) in [7, 11) is 0. The molecule has 0 aliphatic rings. The first kappa shape index (κ1) is 12.0. The zero-order chi connectivity index (χ0) is 11.4. The van der Waals surface area contributed by atoms with Gasteiger partial charge in [-0.2, -0.15) is 0 Å². The van der Waals surface area contributed by atoms with E-state index >= 15 is 0 Å². The fourth-order valence-corrected chi connectivity index (χ4v) is 1.53. The lowest BCUT2D eigenvalue weighted by atomic mass is 10.3. The molecule has 0 atom stereocenters. The molecule has 0 fully saturated rings. The molecular formula is C10H14BrN2O2+. The zero-order valence-corrected chi connectivity index (χ0v) is 10.4. The molecule has 0 saturated carbocycles. The molecule has 0 amide bonds. The van der Waals surface area contributed by atoms with E-state index in [2.05, 4.69) is 15.9 Å². The van der Waals surface area contributed by atoms with Crippen molar-refractivity contribution < 1.29 is 14.1 Å². The van der Waals surface area contributed by atoms with E-state index in [4.69, 9.17) is 10.5 Å². The van der Waals surface area contributed by atoms with Crippen LogP contribution in [-0.2, 0) is 16.1 Å². The lowest BCUT2D eigenvalue weighted by Gasteiger charge is -2.05. The fraction of sp³-hybridized carbons (Fsp3) is 0.400. The zero-order valence-electron chi connectivity index (χ0n) is 8.79. The highest BCUT2D eigenvalue weighted by Crippen LogP contribution is 2.19. The van der Waals surface area contributed by atoms with Gasteiger partial charge in [-0.25, -0.2) is 9.36 Å². The topological polar surface area (TPSA) is 56.2 Å². The minimum absolute atomic E-state index is 0.137. The van der Waals surface area contributed by atoms with Gasteiger partial charge >= 0.3 is 5.97 Å². The summed E-state index contributed by atoms with van der Waals surface area (Å²) in [5, 5.41) is 0. The van der Waals surface area contributed by atoms with Crippen LogP contribution in [0, 0.1) is 6.92 Å². The van der Waals surface area contributed by atoms with Crippen molar-refractivity contribution in [2.75, 3.05) is 12.3 Å². The third kappa shape index (κ3) is 2.92. The number of anilines is 1. The molecule has 82 valence electrons. The average Bonchev–Trinajstić information content (AvgIpc) is 2.20. The number of esters is 1. The standard InChI is InChI=1S/C10H13BrN2O2/c1-3-15-8(14)6-13-5-4-7(2)9(11)10(13)12/h4-5,12H,3,6H2,1-2H3/p+1. The van der Waals surface area contributed by atoms with Crippen LogP contribution < -0.4 is 10.3 Å². The molecule has 1 rings (SSSR count). The number of rotatable bonds is 3. The molecule has 0 unspecified atom stereocenters. The number of pyridine rings is 1. The van der Waals surface area contributed by atoms with Crippen LogP contribution >= 0.6 is 15.9 Å². The van der Waals surface area contributed by atoms with E-state index in [1.165, 1.54) is 0 Å². The number of aromatic nitrogens is 1. The summed E-state index contributed by atoms with van der Waals surface area (Å²) in [6.45, 7) is 4.23. The Morgan fingerprint density at radius 1 is 1.67 bits per heavy atom. The molecule has 0 aromatic carbocycles. The Hall–Kier alpha value is -1.10. The molecular weight excluding hydrogens is 260 g/mol. The molecule has 4 nitrogen and oxygen atoms in total. The summed E-state index contributed by atoms with van der Waals surface area (Å²) in [4.78, 5) is 11.2. The summed E-state index contributed by atoms with van der Waals surface area (Å²) in [6, 6.07) is 1.89. The highest BCUT2D eigenvalue weighted by Gasteiger charge is 2.14. The fourth-order valence-electron chi connectivity index (χ4n) is 1.17. The first-order chi connectivity index (χ1) is 7.06. The maximum atomic E-state index is 11.2. The van der Waals surface area contributed by atoms with E-state index in [0.717, 1.165) is 10.0 Å². The number of nitrogen functional groups attached to an aromatic ring is 1. The van der Waals surface area contributed by atoms with Crippen LogP contribution in [-0.4, -0.2) is 12.6 Å². The van der Waals surface area contributed by atoms with Crippen molar-refractivity contribution in [3.8, 4) is 0 Å². The number of ether oxygens (including phenoxy) is 1. The highest BCUT2D eigenvalue weighted by atomic mass is 79.9. The van der Waals surface area contributed by atoms with Gasteiger partial charge in [-0.15, -0.1) is 0 Å². The number of nitrogens with zero attached hydrogens (tertiary/aromatic N) is 1. The van der Waals surface area contributed by atoms with Crippen molar-refractivity contribution in [2.45, 2.75) is 20.4 Å². The predicted octanol–water partition coefficient (Wildman–Crippen LogP) is 1.19. The molecule has 1 aromatic heterocycles. The van der Waals surface area contributed by atoms with Crippen LogP contribution in [0.2, 0.25) is 0 Å². The number of hydrogen-bond donors (Lipinski definition) is 1. The van der Waals surface area contributed by atoms with E-state index < -0.39 is 0 Å². The van der Waals surface area contributed by atoms with Crippen LogP contribution in [0.5, 0.6) is 0 Å². The third-order valence-electron chi connectivity index (χ3n) is 1.99. The Morgan fingerprint density at radius 2 is 2.33 bits per heavy atom. The number of aryl methyl sites for hydroxylation is 1. The number of carbonyl (C=O) groups is 1. The van der Waals surface area contributed by atoms with E-state index in [1.54, 1.807) is 17.7 Å². The van der Waals surface area contributed by atoms with Gasteiger partial charge < -0.3 is 4.74 Å². The number of halogens is 1. The van der Waals surface area contributed by atoms with Crippen molar-refractivity contribution in [1.29, 1.82) is 0 Å². The molecule has 0 saturated heterocycles. The second kappa shape index (κ2) is 5.11. The second-order valence-corrected chi connectivity index (χ2v) is 3.92. The van der Waals surface area contributed by atoms with Gasteiger partial charge in [-0.1, -0.05) is 0 Å². The van der Waals surface area contributed by atoms with Crippen LogP contribution in [0.3, 0.4) is 0 Å². The van der Waals surface area contributed by atoms with Crippen LogP contribution in [0.15, 0.2) is 16.7 Å². The molecule has 0 bridgehead atoms. The summed E-state index contributed by atoms with van der Waals surface area (Å²) < 4.78 is 7.30. The van der Waals surface area contributed by atoms with Gasteiger partial charge in [-0.3, -0.25) is 5.73 Å². The smallest absolute Gasteiger partial charge is 0.348 e. The number of hydrogen-bond acceptors (Lipinski definition) is 3. The molecule has 0 aliphatic heterocycles. The maximum Gasteiger partial charge on any atom is 0.348 e. The van der Waals surface area contributed by atoms with Crippen molar-refractivity contribution in [2.24, 2.45) is 0 Å². The van der Waals surface area contributed by atoms with E-state index in [1.807, 2.05) is 13.0 Å². The summed E-state index contributed by atoms with van der Waals surface area (Å²) in [5.74, 6) is 0.244. The Balaban J connectivity index is 2.87. The van der Waals surface area contributed by atoms with Crippen molar-refractivity contribution in [3.63, 3.8) is 0 Å². The summed E-state index contributed by atoms with van der Waals surface area (Å²) in [6.07, 6.45) is 1.77. The molecule has 15 heavy (non-hydrogen) atoms. The minimum Gasteiger partial charge on any atom is -0.463 e. The van der Waals surface area contributed by atoms with E-state index in [9.17, 15) is 4.79 Å². The Kier molecular flexibility index (Phi) is 4.08. The van der Waals surface area contributed by atoms with Gasteiger partial charge in [0.15, 0.2) is 6.54 Å². The minimum atomic E-state index is -0.287. The van der Waals surface area contributed by atoms with Crippen LogP contribution in [0.25, 0.3) is 0 Å².